The van der Waals surface area contributed by atoms with Crippen molar-refractivity contribution in [2.45, 2.75) is 104 Å². The quantitative estimate of drug-likeness (QED) is 0.124. The number of carboxylic acids is 1. The van der Waals surface area contributed by atoms with Crippen LogP contribution in [0.3, 0.4) is 0 Å². The number of nitrogens with one attached hydrogen (secondary N) is 4. The third kappa shape index (κ3) is 13.0. The summed E-state index contributed by atoms with van der Waals surface area (Å²) in [5.41, 5.74) is -0.0310. The van der Waals surface area contributed by atoms with Crippen LogP contribution in [0, 0.1) is 11.3 Å². The summed E-state index contributed by atoms with van der Waals surface area (Å²) in [5.74, 6) is -1.98. The molecule has 14 heteroatoms. The van der Waals surface area contributed by atoms with E-state index >= 15 is 0 Å². The summed E-state index contributed by atoms with van der Waals surface area (Å²) in [6.07, 6.45) is 1.07. The second-order valence-corrected chi connectivity index (χ2v) is 14.4. The highest BCUT2D eigenvalue weighted by Gasteiger charge is 2.36. The number of thiazole rings is 1. The molecule has 278 valence electrons. The van der Waals surface area contributed by atoms with Crippen LogP contribution >= 0.6 is 11.3 Å². The molecule has 0 fully saturated rings. The molecule has 0 bridgehead atoms. The van der Waals surface area contributed by atoms with Crippen LogP contribution < -0.4 is 21.3 Å². The SMILES string of the molecule is CCC[C@H](NC(=O)CNC)C(=O)N(CCC)C(CC(OC(=O)NC)c1nc(C(=O)NC(Cc2ccccc2)CC(C)(C)C(=O)O)cs1)C(C)C. The maximum atomic E-state index is 14.0. The summed E-state index contributed by atoms with van der Waals surface area (Å²) in [6.45, 7) is 11.7. The number of carbonyl (C=O) groups excluding carboxylic acids is 4. The van der Waals surface area contributed by atoms with Crippen LogP contribution in [0.15, 0.2) is 35.7 Å². The molecule has 3 unspecified atom stereocenters. The van der Waals surface area contributed by atoms with Crippen molar-refractivity contribution in [3.05, 3.63) is 52.0 Å². The minimum atomic E-state index is -1.09. The van der Waals surface area contributed by atoms with Gasteiger partial charge in [0, 0.05) is 37.5 Å². The number of alkyl carbamates (subject to hydrolysis) is 1. The molecule has 5 N–H and O–H groups in total. The average Bonchev–Trinajstić information content (AvgIpc) is 3.56. The number of nitrogens with zero attached hydrogens (tertiary/aromatic N) is 2. The van der Waals surface area contributed by atoms with E-state index in [0.29, 0.717) is 37.2 Å². The molecule has 0 spiro atoms. The number of hydrogen-bond donors (Lipinski definition) is 5. The van der Waals surface area contributed by atoms with E-state index in [9.17, 15) is 29.1 Å². The lowest BCUT2D eigenvalue weighted by Crippen LogP contribution is -2.54. The van der Waals surface area contributed by atoms with E-state index in [1.165, 1.54) is 7.05 Å². The van der Waals surface area contributed by atoms with Crippen LogP contribution in [-0.4, -0.2) is 90.1 Å². The first-order valence-electron chi connectivity index (χ1n) is 17.3. The predicted octanol–water partition coefficient (Wildman–Crippen LogP) is 4.54. The molecule has 4 atom stereocenters. The summed E-state index contributed by atoms with van der Waals surface area (Å²) >= 11 is 1.16. The van der Waals surface area contributed by atoms with Crippen molar-refractivity contribution in [2.24, 2.45) is 11.3 Å². The lowest BCUT2D eigenvalue weighted by molar-refractivity contribution is -0.147. The first kappa shape index (κ1) is 42.1. The smallest absolute Gasteiger partial charge is 0.407 e. The zero-order valence-corrected chi connectivity index (χ0v) is 31.5. The molecule has 0 aliphatic heterocycles. The Morgan fingerprint density at radius 3 is 2.26 bits per heavy atom. The van der Waals surface area contributed by atoms with E-state index in [1.54, 1.807) is 31.2 Å². The normalized spacial score (nSPS) is 13.9. The number of amides is 4. The fraction of sp³-hybridized carbons (Fsp3) is 0.611. The summed E-state index contributed by atoms with van der Waals surface area (Å²) in [5, 5.41) is 22.9. The third-order valence-electron chi connectivity index (χ3n) is 8.40. The molecule has 0 radical (unpaired) electrons. The van der Waals surface area contributed by atoms with Crippen LogP contribution in [0.2, 0.25) is 0 Å². The first-order chi connectivity index (χ1) is 23.7. The van der Waals surface area contributed by atoms with E-state index in [0.717, 1.165) is 16.9 Å². The Hall–Kier alpha value is -4.04. The van der Waals surface area contributed by atoms with Crippen molar-refractivity contribution >= 4 is 41.1 Å². The Kier molecular flexibility index (Phi) is 17.3. The van der Waals surface area contributed by atoms with Gasteiger partial charge < -0.3 is 36.0 Å². The molecular formula is C36H56N6O7S. The van der Waals surface area contributed by atoms with Crippen LogP contribution in [0.1, 0.15) is 101 Å². The molecule has 1 aromatic heterocycles. The fourth-order valence-electron chi connectivity index (χ4n) is 5.77. The standard InChI is InChI=1S/C36H56N6O7S/c1-9-14-26(40-30(43)21-37-7)33(45)42(17-10-2)28(23(3)4)19-29(49-35(48)38-8)32-41-27(22-50-32)31(44)39-25(20-36(5,6)34(46)47)18-24-15-12-11-13-16-24/h11-13,15-16,22-23,25-26,28-29,37H,9-10,14,17-21H2,1-8H3,(H,38,48)(H,39,44)(H,40,43)(H,46,47)/t25?,26-,28?,29?/m0/s1. The van der Waals surface area contributed by atoms with Gasteiger partial charge in [0.25, 0.3) is 5.91 Å². The number of aliphatic carboxylic acids is 1. The molecule has 0 aliphatic carbocycles. The Morgan fingerprint density at radius 2 is 1.70 bits per heavy atom. The average molecular weight is 717 g/mol. The molecule has 2 aromatic rings. The summed E-state index contributed by atoms with van der Waals surface area (Å²) in [4.78, 5) is 71.0. The molecule has 0 aliphatic rings. The molecule has 13 nitrogen and oxygen atoms in total. The second-order valence-electron chi connectivity index (χ2n) is 13.5. The maximum Gasteiger partial charge on any atom is 0.407 e. The van der Waals surface area contributed by atoms with Gasteiger partial charge in [0.05, 0.1) is 12.0 Å². The van der Waals surface area contributed by atoms with E-state index in [-0.39, 0.29) is 42.8 Å². The number of benzene rings is 1. The van der Waals surface area contributed by atoms with Gasteiger partial charge >= 0.3 is 12.1 Å². The molecule has 4 amide bonds. The molecule has 1 heterocycles. The number of carboxylic acid groups (broad SMARTS) is 1. The van der Waals surface area contributed by atoms with Crippen molar-refractivity contribution in [2.75, 3.05) is 27.2 Å². The minimum Gasteiger partial charge on any atom is -0.481 e. The van der Waals surface area contributed by atoms with Gasteiger partial charge in [-0.05, 0) is 58.1 Å². The predicted molar refractivity (Wildman–Crippen MR) is 194 cm³/mol. The van der Waals surface area contributed by atoms with Crippen molar-refractivity contribution in [1.29, 1.82) is 0 Å². The van der Waals surface area contributed by atoms with Crippen LogP contribution in [-0.2, 0) is 25.5 Å². The van der Waals surface area contributed by atoms with Gasteiger partial charge in [0.15, 0.2) is 6.10 Å². The number of hydrogen-bond acceptors (Lipinski definition) is 9. The molecule has 0 saturated heterocycles. The van der Waals surface area contributed by atoms with Crippen LogP contribution in [0.25, 0.3) is 0 Å². The molecule has 50 heavy (non-hydrogen) atoms. The van der Waals surface area contributed by atoms with Gasteiger partial charge in [-0.3, -0.25) is 19.2 Å². The van der Waals surface area contributed by atoms with E-state index in [1.807, 2.05) is 58.0 Å². The highest BCUT2D eigenvalue weighted by molar-refractivity contribution is 7.09. The van der Waals surface area contributed by atoms with Gasteiger partial charge in [-0.2, -0.15) is 0 Å². The number of likely N-dealkylation sites (N-methyl/N-ethyl adjacent to an activating group) is 1. The Balaban J connectivity index is 2.41. The first-order valence-corrected chi connectivity index (χ1v) is 18.2. The number of aromatic nitrogens is 1. The van der Waals surface area contributed by atoms with Crippen molar-refractivity contribution in [1.82, 2.24) is 31.2 Å². The van der Waals surface area contributed by atoms with Crippen molar-refractivity contribution in [3.8, 4) is 0 Å². The number of ether oxygens (including phenoxy) is 1. The molecule has 0 saturated carbocycles. The Morgan fingerprint density at radius 1 is 1.02 bits per heavy atom. The summed E-state index contributed by atoms with van der Waals surface area (Å²) in [6, 6.07) is 7.91. The van der Waals surface area contributed by atoms with Crippen molar-refractivity contribution in [3.63, 3.8) is 0 Å². The summed E-state index contributed by atoms with van der Waals surface area (Å²) in [7, 11) is 3.11. The monoisotopic (exact) mass is 716 g/mol. The number of rotatable bonds is 21. The van der Waals surface area contributed by atoms with Gasteiger partial charge in [-0.25, -0.2) is 9.78 Å². The lowest BCUT2D eigenvalue weighted by atomic mass is 9.84. The van der Waals surface area contributed by atoms with E-state index in [2.05, 4.69) is 26.3 Å². The van der Waals surface area contributed by atoms with Gasteiger partial charge in [-0.15, -0.1) is 11.3 Å². The van der Waals surface area contributed by atoms with Gasteiger partial charge in [0.1, 0.15) is 16.7 Å². The lowest BCUT2D eigenvalue weighted by Gasteiger charge is -2.38. The minimum absolute atomic E-state index is 0.0596. The Labute approximate surface area is 300 Å². The van der Waals surface area contributed by atoms with Gasteiger partial charge in [0.2, 0.25) is 11.8 Å². The Bertz CT molecular complexity index is 1400. The third-order valence-corrected chi connectivity index (χ3v) is 9.34. The molecule has 2 rings (SSSR count). The van der Waals surface area contributed by atoms with Gasteiger partial charge in [-0.1, -0.05) is 64.4 Å². The zero-order valence-electron chi connectivity index (χ0n) is 30.7. The fourth-order valence-corrected chi connectivity index (χ4v) is 6.61. The number of carbonyl (C=O) groups is 5. The van der Waals surface area contributed by atoms with E-state index in [4.69, 9.17) is 4.74 Å². The zero-order chi connectivity index (χ0) is 37.4. The molecule has 1 aromatic carbocycles. The van der Waals surface area contributed by atoms with Crippen LogP contribution in [0.5, 0.6) is 0 Å². The maximum absolute atomic E-state index is 14.0. The molecular weight excluding hydrogens is 660 g/mol. The summed E-state index contributed by atoms with van der Waals surface area (Å²) < 4.78 is 5.81. The van der Waals surface area contributed by atoms with Crippen molar-refractivity contribution < 1.29 is 33.8 Å². The largest absolute Gasteiger partial charge is 0.481 e. The van der Waals surface area contributed by atoms with E-state index < -0.39 is 47.6 Å². The van der Waals surface area contributed by atoms with Crippen LogP contribution in [0.4, 0.5) is 4.79 Å². The highest BCUT2D eigenvalue weighted by Crippen LogP contribution is 2.32. The topological polar surface area (TPSA) is 179 Å². The highest BCUT2D eigenvalue weighted by atomic mass is 32.1. The second kappa shape index (κ2) is 20.6.